The Morgan fingerprint density at radius 1 is 1.33 bits per heavy atom. The van der Waals surface area contributed by atoms with Crippen molar-refractivity contribution in [3.05, 3.63) is 28.8 Å². The molecule has 0 amide bonds. The Kier molecular flexibility index (Phi) is 6.51. The van der Waals surface area contributed by atoms with Crippen molar-refractivity contribution in [3.8, 4) is 0 Å². The number of nitrogens with two attached hydrogens (primary N) is 1. The molecular weight excluding hydrogens is 244 g/mol. The van der Waals surface area contributed by atoms with Crippen molar-refractivity contribution in [3.63, 3.8) is 0 Å². The van der Waals surface area contributed by atoms with Gasteiger partial charge in [-0.1, -0.05) is 37.9 Å². The third-order valence-electron chi connectivity index (χ3n) is 3.53. The van der Waals surface area contributed by atoms with Crippen molar-refractivity contribution in [1.29, 1.82) is 0 Å². The first kappa shape index (κ1) is 15.3. The maximum atomic E-state index is 6.25. The first-order valence-electron chi connectivity index (χ1n) is 6.87. The molecule has 2 nitrogen and oxygen atoms in total. The Morgan fingerprint density at radius 2 is 2.06 bits per heavy atom. The highest BCUT2D eigenvalue weighted by Gasteiger charge is 2.15. The van der Waals surface area contributed by atoms with E-state index in [9.17, 15) is 0 Å². The molecule has 2 N–H and O–H groups in total. The van der Waals surface area contributed by atoms with Crippen LogP contribution in [0.5, 0.6) is 0 Å². The van der Waals surface area contributed by atoms with Crippen molar-refractivity contribution < 1.29 is 0 Å². The first-order valence-corrected chi connectivity index (χ1v) is 7.24. The highest BCUT2D eigenvalue weighted by molar-refractivity contribution is 6.31. The molecule has 0 saturated heterocycles. The molecule has 0 aliphatic carbocycles. The Bertz CT molecular complexity index is 345. The summed E-state index contributed by atoms with van der Waals surface area (Å²) in [6.07, 6.45) is 3.58. The molecule has 0 fully saturated rings. The van der Waals surface area contributed by atoms with Gasteiger partial charge in [-0.2, -0.15) is 0 Å². The lowest BCUT2D eigenvalue weighted by molar-refractivity contribution is 0.192. The molecule has 1 aromatic carbocycles. The molecule has 18 heavy (non-hydrogen) atoms. The quantitative estimate of drug-likeness (QED) is 0.746. The van der Waals surface area contributed by atoms with Crippen LogP contribution in [-0.2, 0) is 6.54 Å². The van der Waals surface area contributed by atoms with Crippen LogP contribution in [0.4, 0.5) is 5.69 Å². The van der Waals surface area contributed by atoms with E-state index in [1.54, 1.807) is 0 Å². The monoisotopic (exact) mass is 268 g/mol. The second kappa shape index (κ2) is 7.65. The summed E-state index contributed by atoms with van der Waals surface area (Å²) in [5.74, 6) is 0. The van der Waals surface area contributed by atoms with Gasteiger partial charge in [-0.3, -0.25) is 4.90 Å². The minimum atomic E-state index is 0.562. The number of nitrogens with zero attached hydrogens (tertiary/aromatic N) is 1. The van der Waals surface area contributed by atoms with Crippen molar-refractivity contribution in [1.82, 2.24) is 4.90 Å². The van der Waals surface area contributed by atoms with Crippen LogP contribution in [0.3, 0.4) is 0 Å². The van der Waals surface area contributed by atoms with Gasteiger partial charge in [0.1, 0.15) is 0 Å². The summed E-state index contributed by atoms with van der Waals surface area (Å²) in [5.41, 5.74) is 7.89. The van der Waals surface area contributed by atoms with E-state index in [-0.39, 0.29) is 0 Å². The molecule has 0 heterocycles. The second-order valence-electron chi connectivity index (χ2n) is 4.89. The van der Waals surface area contributed by atoms with E-state index >= 15 is 0 Å². The van der Waals surface area contributed by atoms with Crippen LogP contribution in [0.15, 0.2) is 18.2 Å². The van der Waals surface area contributed by atoms with Gasteiger partial charge in [-0.05, 0) is 38.4 Å². The summed E-state index contributed by atoms with van der Waals surface area (Å²) in [7, 11) is 0. The van der Waals surface area contributed by atoms with Crippen LogP contribution in [0.1, 0.15) is 45.6 Å². The molecule has 0 radical (unpaired) electrons. The summed E-state index contributed by atoms with van der Waals surface area (Å²) in [6, 6.07) is 6.31. The Morgan fingerprint density at radius 3 is 2.61 bits per heavy atom. The molecule has 0 spiro atoms. The smallest absolute Gasteiger partial charge is 0.0471 e. The minimum Gasteiger partial charge on any atom is -0.398 e. The number of halogens is 1. The molecule has 1 atom stereocenters. The minimum absolute atomic E-state index is 0.562. The normalized spacial score (nSPS) is 12.9. The molecule has 0 aromatic heterocycles. The Labute approximate surface area is 116 Å². The fourth-order valence-corrected chi connectivity index (χ4v) is 2.26. The van der Waals surface area contributed by atoms with Crippen LogP contribution in [-0.4, -0.2) is 17.5 Å². The van der Waals surface area contributed by atoms with Gasteiger partial charge < -0.3 is 5.73 Å². The molecular formula is C15H25ClN2. The van der Waals surface area contributed by atoms with Gasteiger partial charge in [0.2, 0.25) is 0 Å². The fraction of sp³-hybridized carbons (Fsp3) is 0.600. The number of anilines is 1. The van der Waals surface area contributed by atoms with Gasteiger partial charge >= 0.3 is 0 Å². The summed E-state index contributed by atoms with van der Waals surface area (Å²) >= 11 is 6.25. The van der Waals surface area contributed by atoms with E-state index in [0.717, 1.165) is 35.8 Å². The molecule has 1 unspecified atom stereocenters. The number of benzene rings is 1. The van der Waals surface area contributed by atoms with E-state index in [0.29, 0.717) is 6.04 Å². The zero-order valence-corrected chi connectivity index (χ0v) is 12.5. The zero-order valence-electron chi connectivity index (χ0n) is 11.7. The largest absolute Gasteiger partial charge is 0.398 e. The highest BCUT2D eigenvalue weighted by Crippen LogP contribution is 2.24. The average Bonchev–Trinajstić information content (AvgIpc) is 2.36. The second-order valence-corrected chi connectivity index (χ2v) is 5.30. The highest BCUT2D eigenvalue weighted by atomic mass is 35.5. The molecule has 1 aromatic rings. The third kappa shape index (κ3) is 4.18. The van der Waals surface area contributed by atoms with E-state index in [2.05, 4.69) is 25.7 Å². The van der Waals surface area contributed by atoms with E-state index in [1.807, 2.05) is 18.2 Å². The van der Waals surface area contributed by atoms with Gasteiger partial charge in [0.15, 0.2) is 0 Å². The van der Waals surface area contributed by atoms with E-state index in [4.69, 9.17) is 17.3 Å². The summed E-state index contributed by atoms with van der Waals surface area (Å²) in [6.45, 7) is 8.66. The SMILES string of the molecule is CCCCN(Cc1c(N)cccc1Cl)C(C)CC. The number of hydrogen-bond acceptors (Lipinski definition) is 2. The summed E-state index contributed by atoms with van der Waals surface area (Å²) in [4.78, 5) is 2.47. The van der Waals surface area contributed by atoms with Crippen molar-refractivity contribution in [2.24, 2.45) is 0 Å². The molecule has 102 valence electrons. The lowest BCUT2D eigenvalue weighted by Crippen LogP contribution is -2.33. The van der Waals surface area contributed by atoms with Crippen LogP contribution >= 0.6 is 11.6 Å². The van der Waals surface area contributed by atoms with Crippen molar-refractivity contribution >= 4 is 17.3 Å². The number of unbranched alkanes of at least 4 members (excludes halogenated alkanes) is 1. The van der Waals surface area contributed by atoms with E-state index < -0.39 is 0 Å². The predicted molar refractivity (Wildman–Crippen MR) is 80.9 cm³/mol. The van der Waals surface area contributed by atoms with E-state index in [1.165, 1.54) is 12.8 Å². The molecule has 0 aliphatic heterocycles. The maximum absolute atomic E-state index is 6.25. The van der Waals surface area contributed by atoms with Gasteiger partial charge in [-0.25, -0.2) is 0 Å². The number of rotatable bonds is 7. The van der Waals surface area contributed by atoms with Gasteiger partial charge in [-0.15, -0.1) is 0 Å². The van der Waals surface area contributed by atoms with Gasteiger partial charge in [0, 0.05) is 28.9 Å². The summed E-state index contributed by atoms with van der Waals surface area (Å²) in [5, 5.41) is 0.778. The molecule has 3 heteroatoms. The fourth-order valence-electron chi connectivity index (χ4n) is 2.02. The van der Waals surface area contributed by atoms with Gasteiger partial charge in [0.05, 0.1) is 0 Å². The van der Waals surface area contributed by atoms with Crippen LogP contribution in [0, 0.1) is 0 Å². The standard InChI is InChI=1S/C15H25ClN2/c1-4-6-10-18(12(3)5-2)11-13-14(16)8-7-9-15(13)17/h7-9,12H,4-6,10-11,17H2,1-3H3. The first-order chi connectivity index (χ1) is 8.60. The van der Waals surface area contributed by atoms with Crippen LogP contribution in [0.2, 0.25) is 5.02 Å². The zero-order chi connectivity index (χ0) is 13.5. The molecule has 0 bridgehead atoms. The number of hydrogen-bond donors (Lipinski definition) is 1. The Hall–Kier alpha value is -0.730. The lowest BCUT2D eigenvalue weighted by Gasteiger charge is -2.29. The van der Waals surface area contributed by atoms with Crippen LogP contribution < -0.4 is 5.73 Å². The van der Waals surface area contributed by atoms with Gasteiger partial charge in [0.25, 0.3) is 0 Å². The third-order valence-corrected chi connectivity index (χ3v) is 3.88. The van der Waals surface area contributed by atoms with Crippen molar-refractivity contribution in [2.45, 2.75) is 52.6 Å². The molecule has 0 saturated carbocycles. The summed E-state index contributed by atoms with van der Waals surface area (Å²) < 4.78 is 0. The van der Waals surface area contributed by atoms with Crippen molar-refractivity contribution in [2.75, 3.05) is 12.3 Å². The Balaban J connectivity index is 2.81. The lowest BCUT2D eigenvalue weighted by atomic mass is 10.1. The predicted octanol–water partition coefficient (Wildman–Crippen LogP) is 4.32. The number of nitrogen functional groups attached to an aromatic ring is 1. The van der Waals surface area contributed by atoms with Crippen LogP contribution in [0.25, 0.3) is 0 Å². The topological polar surface area (TPSA) is 29.3 Å². The molecule has 0 aliphatic rings. The maximum Gasteiger partial charge on any atom is 0.0471 e. The molecule has 1 rings (SSSR count). The average molecular weight is 269 g/mol.